The summed E-state index contributed by atoms with van der Waals surface area (Å²) in [5.41, 5.74) is 4.46. The number of hydrogen-bond acceptors (Lipinski definition) is 4. The van der Waals surface area contributed by atoms with Crippen LogP contribution < -0.4 is 5.32 Å². The van der Waals surface area contributed by atoms with E-state index in [-0.39, 0.29) is 0 Å². The first-order valence-electron chi connectivity index (χ1n) is 9.03. The SMILES string of the molecule is CC(Nc1ncc(-c2cc(-c3ccccc3)c3nccn3c2)s1)C1CC1. The molecule has 3 aromatic heterocycles. The van der Waals surface area contributed by atoms with Gasteiger partial charge in [0.1, 0.15) is 5.65 Å². The minimum absolute atomic E-state index is 0.505. The second-order valence-corrected chi connectivity index (χ2v) is 8.00. The zero-order valence-electron chi connectivity index (χ0n) is 14.6. The van der Waals surface area contributed by atoms with Crippen LogP contribution in [0.15, 0.2) is 61.2 Å². The second kappa shape index (κ2) is 6.25. The summed E-state index contributed by atoms with van der Waals surface area (Å²) in [6, 6.07) is 13.2. The van der Waals surface area contributed by atoms with E-state index in [1.807, 2.05) is 24.7 Å². The standard InChI is InChI=1S/C21H20N4S/c1-14(15-7-8-15)24-21-23-12-19(26-21)17-11-18(16-5-3-2-4-6-16)20-22-9-10-25(20)13-17/h2-6,9-15H,7-8H2,1H3,(H,23,24). The number of hydrogen-bond donors (Lipinski definition) is 1. The lowest BCUT2D eigenvalue weighted by Crippen LogP contribution is -2.16. The zero-order chi connectivity index (χ0) is 17.5. The van der Waals surface area contributed by atoms with Crippen molar-refractivity contribution in [2.24, 2.45) is 5.92 Å². The Balaban J connectivity index is 1.54. The summed E-state index contributed by atoms with van der Waals surface area (Å²) in [5.74, 6) is 0.814. The summed E-state index contributed by atoms with van der Waals surface area (Å²) >= 11 is 1.72. The molecule has 0 saturated heterocycles. The van der Waals surface area contributed by atoms with E-state index in [1.165, 1.54) is 28.8 Å². The van der Waals surface area contributed by atoms with Crippen LogP contribution in [-0.4, -0.2) is 20.4 Å². The molecule has 0 radical (unpaired) electrons. The van der Waals surface area contributed by atoms with Gasteiger partial charge in [0.05, 0.1) is 4.88 Å². The fraction of sp³-hybridized carbons (Fsp3) is 0.238. The highest BCUT2D eigenvalue weighted by atomic mass is 32.1. The van der Waals surface area contributed by atoms with Crippen LogP contribution in [0.1, 0.15) is 19.8 Å². The molecule has 5 rings (SSSR count). The third-order valence-corrected chi connectivity index (χ3v) is 6.02. The van der Waals surface area contributed by atoms with Gasteiger partial charge in [-0.2, -0.15) is 0 Å². The van der Waals surface area contributed by atoms with Gasteiger partial charge in [0, 0.05) is 42.0 Å². The summed E-state index contributed by atoms with van der Waals surface area (Å²) < 4.78 is 2.09. The van der Waals surface area contributed by atoms with Crippen molar-refractivity contribution in [2.45, 2.75) is 25.8 Å². The third kappa shape index (κ3) is 2.88. The lowest BCUT2D eigenvalue weighted by atomic mass is 10.0. The number of anilines is 1. The average molecular weight is 360 g/mol. The monoisotopic (exact) mass is 360 g/mol. The van der Waals surface area contributed by atoms with Crippen LogP contribution in [-0.2, 0) is 0 Å². The van der Waals surface area contributed by atoms with Crippen LogP contribution in [0.5, 0.6) is 0 Å². The van der Waals surface area contributed by atoms with Crippen molar-refractivity contribution in [1.82, 2.24) is 14.4 Å². The molecule has 1 unspecified atom stereocenters. The van der Waals surface area contributed by atoms with Crippen molar-refractivity contribution in [3.8, 4) is 21.6 Å². The molecule has 130 valence electrons. The van der Waals surface area contributed by atoms with Crippen LogP contribution in [0.3, 0.4) is 0 Å². The maximum atomic E-state index is 4.60. The molecule has 5 heteroatoms. The van der Waals surface area contributed by atoms with Gasteiger partial charge in [-0.1, -0.05) is 41.7 Å². The van der Waals surface area contributed by atoms with Gasteiger partial charge in [-0.3, -0.25) is 0 Å². The molecule has 0 bridgehead atoms. The van der Waals surface area contributed by atoms with Crippen molar-refractivity contribution < 1.29 is 0 Å². The normalized spacial score (nSPS) is 15.3. The average Bonchev–Trinajstić information content (AvgIpc) is 3.24. The van der Waals surface area contributed by atoms with Crippen molar-refractivity contribution in [3.05, 3.63) is 61.2 Å². The molecule has 0 aliphatic heterocycles. The van der Waals surface area contributed by atoms with Crippen LogP contribution in [0.2, 0.25) is 0 Å². The predicted octanol–water partition coefficient (Wildman–Crippen LogP) is 5.34. The summed E-state index contributed by atoms with van der Waals surface area (Å²) in [5, 5.41) is 4.57. The van der Waals surface area contributed by atoms with Gasteiger partial charge in [-0.05, 0) is 37.3 Å². The lowest BCUT2D eigenvalue weighted by Gasteiger charge is -2.10. The number of nitrogens with one attached hydrogen (secondary N) is 1. The molecule has 1 N–H and O–H groups in total. The van der Waals surface area contributed by atoms with E-state index in [2.05, 4.69) is 63.1 Å². The maximum Gasteiger partial charge on any atom is 0.183 e. The molecule has 1 aliphatic rings. The van der Waals surface area contributed by atoms with Crippen molar-refractivity contribution in [1.29, 1.82) is 0 Å². The van der Waals surface area contributed by atoms with Gasteiger partial charge in [0.25, 0.3) is 0 Å². The summed E-state index contributed by atoms with van der Waals surface area (Å²) in [7, 11) is 0. The Hall–Kier alpha value is -2.66. The van der Waals surface area contributed by atoms with Gasteiger partial charge in [-0.25, -0.2) is 9.97 Å². The minimum atomic E-state index is 0.505. The molecular formula is C21H20N4S. The predicted molar refractivity (Wildman–Crippen MR) is 108 cm³/mol. The van der Waals surface area contributed by atoms with E-state index in [9.17, 15) is 0 Å². The first kappa shape index (κ1) is 15.6. The molecule has 0 amide bonds. The van der Waals surface area contributed by atoms with Crippen LogP contribution in [0, 0.1) is 5.92 Å². The van der Waals surface area contributed by atoms with E-state index >= 15 is 0 Å². The molecule has 3 heterocycles. The maximum absolute atomic E-state index is 4.60. The highest BCUT2D eigenvalue weighted by Crippen LogP contribution is 2.37. The molecule has 1 atom stereocenters. The van der Waals surface area contributed by atoms with Crippen molar-refractivity contribution in [2.75, 3.05) is 5.32 Å². The zero-order valence-corrected chi connectivity index (χ0v) is 15.4. The van der Waals surface area contributed by atoms with Crippen LogP contribution in [0.25, 0.3) is 27.2 Å². The van der Waals surface area contributed by atoms with Crippen molar-refractivity contribution in [3.63, 3.8) is 0 Å². The van der Waals surface area contributed by atoms with Gasteiger partial charge in [0.15, 0.2) is 5.13 Å². The molecule has 1 aliphatic carbocycles. The number of benzene rings is 1. The van der Waals surface area contributed by atoms with E-state index in [1.54, 1.807) is 11.3 Å². The van der Waals surface area contributed by atoms with Gasteiger partial charge >= 0.3 is 0 Å². The quantitative estimate of drug-likeness (QED) is 0.523. The summed E-state index contributed by atoms with van der Waals surface area (Å²) in [6.07, 6.45) is 10.6. The Morgan fingerprint density at radius 3 is 2.81 bits per heavy atom. The second-order valence-electron chi connectivity index (χ2n) is 6.97. The minimum Gasteiger partial charge on any atom is -0.359 e. The molecule has 1 fully saturated rings. The van der Waals surface area contributed by atoms with E-state index in [0.717, 1.165) is 22.3 Å². The number of fused-ring (bicyclic) bond motifs is 1. The van der Waals surface area contributed by atoms with Crippen molar-refractivity contribution >= 4 is 22.1 Å². The van der Waals surface area contributed by atoms with Crippen LogP contribution >= 0.6 is 11.3 Å². The van der Waals surface area contributed by atoms with Gasteiger partial charge in [-0.15, -0.1) is 0 Å². The van der Waals surface area contributed by atoms with Gasteiger partial charge < -0.3 is 9.72 Å². The number of nitrogens with zero attached hydrogens (tertiary/aromatic N) is 3. The molecule has 1 aromatic carbocycles. The Bertz CT molecular complexity index is 1050. The topological polar surface area (TPSA) is 42.2 Å². The number of imidazole rings is 1. The number of rotatable bonds is 5. The Morgan fingerprint density at radius 1 is 1.15 bits per heavy atom. The Labute approximate surface area is 156 Å². The first-order chi connectivity index (χ1) is 12.8. The number of pyridine rings is 1. The lowest BCUT2D eigenvalue weighted by molar-refractivity contribution is 0.693. The van der Waals surface area contributed by atoms with Gasteiger partial charge in [0.2, 0.25) is 0 Å². The summed E-state index contributed by atoms with van der Waals surface area (Å²) in [6.45, 7) is 2.25. The number of aromatic nitrogens is 3. The molecular weight excluding hydrogens is 340 g/mol. The molecule has 26 heavy (non-hydrogen) atoms. The van der Waals surface area contributed by atoms with Crippen LogP contribution in [0.4, 0.5) is 5.13 Å². The third-order valence-electron chi connectivity index (χ3n) is 5.04. The highest BCUT2D eigenvalue weighted by molar-refractivity contribution is 7.18. The smallest absolute Gasteiger partial charge is 0.183 e. The Morgan fingerprint density at radius 2 is 2.00 bits per heavy atom. The highest BCUT2D eigenvalue weighted by Gasteiger charge is 2.28. The molecule has 0 spiro atoms. The van der Waals surface area contributed by atoms with E-state index < -0.39 is 0 Å². The number of thiazole rings is 1. The largest absolute Gasteiger partial charge is 0.359 e. The van der Waals surface area contributed by atoms with E-state index in [0.29, 0.717) is 6.04 Å². The Kier molecular flexibility index (Phi) is 3.75. The fourth-order valence-corrected chi connectivity index (χ4v) is 4.27. The van der Waals surface area contributed by atoms with E-state index in [4.69, 9.17) is 0 Å². The first-order valence-corrected chi connectivity index (χ1v) is 9.84. The molecule has 4 nitrogen and oxygen atoms in total. The molecule has 4 aromatic rings. The summed E-state index contributed by atoms with van der Waals surface area (Å²) in [4.78, 5) is 10.3. The molecule has 1 saturated carbocycles. The fourth-order valence-electron chi connectivity index (χ4n) is 3.38.